The van der Waals surface area contributed by atoms with Gasteiger partial charge in [-0.2, -0.15) is 0 Å². The summed E-state index contributed by atoms with van der Waals surface area (Å²) in [5.74, 6) is -1.27. The zero-order valence-electron chi connectivity index (χ0n) is 11.1. The molecule has 0 aromatic carbocycles. The lowest BCUT2D eigenvalue weighted by Crippen LogP contribution is -2.58. The molecule has 1 aliphatic heterocycles. The lowest BCUT2D eigenvalue weighted by Gasteiger charge is -2.47. The van der Waals surface area contributed by atoms with Crippen molar-refractivity contribution in [1.82, 2.24) is 9.47 Å². The predicted molar refractivity (Wildman–Crippen MR) is 68.2 cm³/mol. The molecule has 1 N–H and O–H groups in total. The van der Waals surface area contributed by atoms with E-state index in [2.05, 4.69) is 0 Å². The molecular formula is C13H16F2N2O3. The van der Waals surface area contributed by atoms with Gasteiger partial charge in [0.15, 0.2) is 0 Å². The highest BCUT2D eigenvalue weighted by molar-refractivity contribution is 5.86. The van der Waals surface area contributed by atoms with Gasteiger partial charge >= 0.3 is 5.97 Å². The summed E-state index contributed by atoms with van der Waals surface area (Å²) in [6.45, 7) is 2.85. The number of alkyl halides is 2. The first-order chi connectivity index (χ1) is 9.33. The standard InChI is InChI=1S/C13H16F2N2O3/c1-13(12(14)15)7-16(8-13)5-6-17-4-2-3-9(10(17)18)11(19)20/h2-4,12H,5-8H2,1H3,(H,19,20). The summed E-state index contributed by atoms with van der Waals surface area (Å²) in [4.78, 5) is 24.5. The highest BCUT2D eigenvalue weighted by Crippen LogP contribution is 2.35. The van der Waals surface area contributed by atoms with Crippen LogP contribution in [0, 0.1) is 5.41 Å². The molecule has 1 aromatic rings. The Labute approximate surface area is 114 Å². The van der Waals surface area contributed by atoms with E-state index in [1.807, 2.05) is 4.90 Å². The van der Waals surface area contributed by atoms with E-state index < -0.39 is 23.4 Å². The highest BCUT2D eigenvalue weighted by Gasteiger charge is 2.45. The number of aromatic nitrogens is 1. The molecule has 0 saturated carbocycles. The van der Waals surface area contributed by atoms with Gasteiger partial charge in [0.2, 0.25) is 6.43 Å². The van der Waals surface area contributed by atoms with E-state index in [-0.39, 0.29) is 18.7 Å². The van der Waals surface area contributed by atoms with Crippen LogP contribution in [0.2, 0.25) is 0 Å². The van der Waals surface area contributed by atoms with Gasteiger partial charge in [0.1, 0.15) is 5.56 Å². The number of carbonyl (C=O) groups is 1. The van der Waals surface area contributed by atoms with Gasteiger partial charge in [0.25, 0.3) is 5.56 Å². The molecule has 0 spiro atoms. The third-order valence-corrected chi connectivity index (χ3v) is 3.60. The number of likely N-dealkylation sites (tertiary alicyclic amines) is 1. The molecule has 0 aliphatic carbocycles. The number of hydrogen-bond donors (Lipinski definition) is 1. The maximum absolute atomic E-state index is 12.7. The Morgan fingerprint density at radius 3 is 2.65 bits per heavy atom. The third-order valence-electron chi connectivity index (χ3n) is 3.60. The Balaban J connectivity index is 1.95. The van der Waals surface area contributed by atoms with Gasteiger partial charge in [0.05, 0.1) is 5.41 Å². The van der Waals surface area contributed by atoms with Crippen molar-refractivity contribution in [3.63, 3.8) is 0 Å². The van der Waals surface area contributed by atoms with Crippen LogP contribution in [-0.4, -0.2) is 46.6 Å². The quantitative estimate of drug-likeness (QED) is 0.881. The molecule has 110 valence electrons. The van der Waals surface area contributed by atoms with Gasteiger partial charge in [0, 0.05) is 32.4 Å². The monoisotopic (exact) mass is 286 g/mol. The molecular weight excluding hydrogens is 270 g/mol. The van der Waals surface area contributed by atoms with Crippen molar-refractivity contribution in [2.24, 2.45) is 5.41 Å². The summed E-state index contributed by atoms with van der Waals surface area (Å²) in [7, 11) is 0. The number of carboxylic acid groups (broad SMARTS) is 1. The SMILES string of the molecule is CC1(C(F)F)CN(CCn2cccc(C(=O)O)c2=O)C1. The van der Waals surface area contributed by atoms with E-state index in [9.17, 15) is 18.4 Å². The van der Waals surface area contributed by atoms with E-state index in [4.69, 9.17) is 5.11 Å². The fraction of sp³-hybridized carbons (Fsp3) is 0.538. The third kappa shape index (κ3) is 2.72. The number of carboxylic acids is 1. The van der Waals surface area contributed by atoms with E-state index in [1.165, 1.54) is 29.8 Å². The van der Waals surface area contributed by atoms with Crippen LogP contribution in [0.3, 0.4) is 0 Å². The van der Waals surface area contributed by atoms with Crippen molar-refractivity contribution in [3.8, 4) is 0 Å². The lowest BCUT2D eigenvalue weighted by molar-refractivity contribution is -0.0999. The van der Waals surface area contributed by atoms with Gasteiger partial charge in [-0.3, -0.25) is 9.69 Å². The molecule has 2 heterocycles. The average Bonchev–Trinajstić information content (AvgIpc) is 2.33. The van der Waals surface area contributed by atoms with E-state index in [0.717, 1.165) is 0 Å². The number of hydrogen-bond acceptors (Lipinski definition) is 3. The average molecular weight is 286 g/mol. The first-order valence-corrected chi connectivity index (χ1v) is 6.27. The largest absolute Gasteiger partial charge is 0.477 e. The molecule has 5 nitrogen and oxygen atoms in total. The second kappa shape index (κ2) is 5.32. The first-order valence-electron chi connectivity index (χ1n) is 6.27. The van der Waals surface area contributed by atoms with Crippen LogP contribution >= 0.6 is 0 Å². The molecule has 0 atom stereocenters. The topological polar surface area (TPSA) is 62.5 Å². The van der Waals surface area contributed by atoms with Crippen LogP contribution in [0.1, 0.15) is 17.3 Å². The van der Waals surface area contributed by atoms with Crippen molar-refractivity contribution >= 4 is 5.97 Å². The van der Waals surface area contributed by atoms with Crippen LogP contribution in [0.4, 0.5) is 8.78 Å². The molecule has 0 bridgehead atoms. The van der Waals surface area contributed by atoms with Gasteiger partial charge in [-0.15, -0.1) is 0 Å². The van der Waals surface area contributed by atoms with Gasteiger partial charge in [-0.05, 0) is 12.1 Å². The van der Waals surface area contributed by atoms with Crippen molar-refractivity contribution in [2.45, 2.75) is 19.9 Å². The minimum absolute atomic E-state index is 0.284. The molecule has 0 unspecified atom stereocenters. The number of halogens is 2. The second-order valence-corrected chi connectivity index (χ2v) is 5.39. The zero-order valence-corrected chi connectivity index (χ0v) is 11.1. The van der Waals surface area contributed by atoms with E-state index in [0.29, 0.717) is 13.1 Å². The zero-order chi connectivity index (χ0) is 14.9. The van der Waals surface area contributed by atoms with Crippen LogP contribution in [0.15, 0.2) is 23.1 Å². The first kappa shape index (κ1) is 14.6. The van der Waals surface area contributed by atoms with E-state index >= 15 is 0 Å². The Bertz CT molecular complexity index is 565. The number of pyridine rings is 1. The van der Waals surface area contributed by atoms with E-state index in [1.54, 1.807) is 0 Å². The Kier molecular flexibility index (Phi) is 3.89. The molecule has 0 amide bonds. The molecule has 1 saturated heterocycles. The van der Waals surface area contributed by atoms with Crippen LogP contribution < -0.4 is 5.56 Å². The summed E-state index contributed by atoms with van der Waals surface area (Å²) >= 11 is 0. The summed E-state index contributed by atoms with van der Waals surface area (Å²) < 4.78 is 26.6. The number of rotatable bonds is 5. The molecule has 1 aromatic heterocycles. The normalized spacial score (nSPS) is 18.0. The smallest absolute Gasteiger partial charge is 0.341 e. The van der Waals surface area contributed by atoms with Crippen LogP contribution in [-0.2, 0) is 6.54 Å². The fourth-order valence-corrected chi connectivity index (χ4v) is 2.40. The lowest BCUT2D eigenvalue weighted by atomic mass is 9.82. The summed E-state index contributed by atoms with van der Waals surface area (Å²) in [6.07, 6.45) is -0.849. The second-order valence-electron chi connectivity index (χ2n) is 5.39. The molecule has 20 heavy (non-hydrogen) atoms. The van der Waals surface area contributed by atoms with Gasteiger partial charge in [-0.1, -0.05) is 6.92 Å². The van der Waals surface area contributed by atoms with Gasteiger partial charge in [-0.25, -0.2) is 13.6 Å². The number of nitrogens with zero attached hydrogens (tertiary/aromatic N) is 2. The molecule has 2 rings (SSSR count). The van der Waals surface area contributed by atoms with Crippen molar-refractivity contribution in [1.29, 1.82) is 0 Å². The Hall–Kier alpha value is -1.76. The molecule has 7 heteroatoms. The van der Waals surface area contributed by atoms with Crippen LogP contribution in [0.25, 0.3) is 0 Å². The van der Waals surface area contributed by atoms with Crippen molar-refractivity contribution in [3.05, 3.63) is 34.2 Å². The summed E-state index contributed by atoms with van der Waals surface area (Å²) in [5, 5.41) is 8.85. The summed E-state index contributed by atoms with van der Waals surface area (Å²) in [6, 6.07) is 2.74. The Morgan fingerprint density at radius 2 is 2.10 bits per heavy atom. The maximum Gasteiger partial charge on any atom is 0.341 e. The molecule has 1 fully saturated rings. The van der Waals surface area contributed by atoms with Crippen molar-refractivity contribution in [2.75, 3.05) is 19.6 Å². The van der Waals surface area contributed by atoms with Crippen molar-refractivity contribution < 1.29 is 18.7 Å². The predicted octanol–water partition coefficient (Wildman–Crippen LogP) is 1.13. The van der Waals surface area contributed by atoms with Crippen LogP contribution in [0.5, 0.6) is 0 Å². The molecule has 1 aliphatic rings. The highest BCUT2D eigenvalue weighted by atomic mass is 19.3. The summed E-state index contributed by atoms with van der Waals surface area (Å²) in [5.41, 5.74) is -1.82. The van der Waals surface area contributed by atoms with Gasteiger partial charge < -0.3 is 9.67 Å². The fourth-order valence-electron chi connectivity index (χ4n) is 2.40. The number of aromatic carboxylic acids is 1. The molecule has 0 radical (unpaired) electrons. The minimum atomic E-state index is -2.35. The maximum atomic E-state index is 12.7. The Morgan fingerprint density at radius 1 is 1.45 bits per heavy atom. The minimum Gasteiger partial charge on any atom is -0.477 e.